The summed E-state index contributed by atoms with van der Waals surface area (Å²) in [6, 6.07) is 11.9. The van der Waals surface area contributed by atoms with Gasteiger partial charge >= 0.3 is 30.3 Å². The molecule has 2 atom stereocenters. The van der Waals surface area contributed by atoms with E-state index in [0.29, 0.717) is 35.5 Å². The number of halogens is 7. The van der Waals surface area contributed by atoms with Crippen molar-refractivity contribution in [3.63, 3.8) is 0 Å². The zero-order chi connectivity index (χ0) is 39.0. The Morgan fingerprint density at radius 1 is 0.907 bits per heavy atom. The lowest BCUT2D eigenvalue weighted by Gasteiger charge is -2.34. The molecule has 0 aliphatic carbocycles. The number of carboxylic acid groups (broad SMARTS) is 2. The molecular formula is C35H35F7N6O6. The maximum Gasteiger partial charge on any atom is 0.490 e. The van der Waals surface area contributed by atoms with Crippen molar-refractivity contribution in [2.75, 3.05) is 37.7 Å². The number of nitrogens with one attached hydrogen (secondary N) is 1. The molecule has 54 heavy (non-hydrogen) atoms. The zero-order valence-corrected chi connectivity index (χ0v) is 28.4. The first-order valence-corrected chi connectivity index (χ1v) is 17.0. The summed E-state index contributed by atoms with van der Waals surface area (Å²) in [5.74, 6) is -5.29. The van der Waals surface area contributed by atoms with E-state index in [-0.39, 0.29) is 28.5 Å². The third-order valence-electron chi connectivity index (χ3n) is 10.0. The van der Waals surface area contributed by atoms with E-state index in [0.717, 1.165) is 62.6 Å². The van der Waals surface area contributed by atoms with Crippen LogP contribution in [0.5, 0.6) is 11.8 Å². The summed E-state index contributed by atoms with van der Waals surface area (Å²) in [6.45, 7) is 4.35. The van der Waals surface area contributed by atoms with Crippen LogP contribution in [0.1, 0.15) is 38.5 Å². The fourth-order valence-electron chi connectivity index (χ4n) is 7.64. The van der Waals surface area contributed by atoms with Crippen molar-refractivity contribution in [1.82, 2.24) is 25.2 Å². The van der Waals surface area contributed by atoms with E-state index < -0.39 is 30.1 Å². The maximum absolute atomic E-state index is 16.5. The summed E-state index contributed by atoms with van der Waals surface area (Å²) in [5.41, 5.74) is 0.932. The van der Waals surface area contributed by atoms with Gasteiger partial charge in [0.1, 0.15) is 29.4 Å². The lowest BCUT2D eigenvalue weighted by Crippen LogP contribution is -2.51. The summed E-state index contributed by atoms with van der Waals surface area (Å²) in [6.07, 6.45) is -1.63. The maximum atomic E-state index is 16.5. The number of benzene rings is 2. The Bertz CT molecular complexity index is 2000. The van der Waals surface area contributed by atoms with Gasteiger partial charge in [0, 0.05) is 36.9 Å². The summed E-state index contributed by atoms with van der Waals surface area (Å²) in [4.78, 5) is 36.8. The average molecular weight is 769 g/mol. The van der Waals surface area contributed by atoms with Crippen molar-refractivity contribution < 1.29 is 60.4 Å². The minimum Gasteiger partial charge on any atom is -0.508 e. The number of rotatable bonds is 5. The molecule has 0 radical (unpaired) electrons. The van der Waals surface area contributed by atoms with Gasteiger partial charge < -0.3 is 30.3 Å². The van der Waals surface area contributed by atoms with Crippen LogP contribution in [0.4, 0.5) is 36.6 Å². The first-order chi connectivity index (χ1) is 25.4. The number of pyridine rings is 1. The van der Waals surface area contributed by atoms with E-state index in [2.05, 4.69) is 25.1 Å². The highest BCUT2D eigenvalue weighted by atomic mass is 19.4. The van der Waals surface area contributed by atoms with E-state index >= 15 is 4.39 Å². The van der Waals surface area contributed by atoms with Crippen LogP contribution in [0, 0.1) is 5.82 Å². The standard InChI is InChI=1S/C31H33FN6O2.2C2HF3O2/c32-26-27(24-14-22(39)13-19-5-1-2-6-23(19)24)33-15-25-28(26)35-30(40-18-31-9-3-11-38(31)12-4-10-31)36-29(25)37-16-20-7-8-21(17-37)34-20;2*3-2(4,5)1(6)7/h1-2,5-6,13-15,20-21,34,39H,3-4,7-12,16-18H2;2*(H,6,7)/t20-,21+;;. The predicted molar refractivity (Wildman–Crippen MR) is 180 cm³/mol. The molecule has 4 fully saturated rings. The molecule has 4 N–H and O–H groups in total. The van der Waals surface area contributed by atoms with Crippen LogP contribution in [0.15, 0.2) is 42.6 Å². The van der Waals surface area contributed by atoms with Crippen molar-refractivity contribution >= 4 is 39.4 Å². The highest BCUT2D eigenvalue weighted by Gasteiger charge is 2.45. The van der Waals surface area contributed by atoms with Gasteiger partial charge in [-0.3, -0.25) is 9.88 Å². The van der Waals surface area contributed by atoms with E-state index in [1.807, 2.05) is 24.3 Å². The number of hydrogen-bond acceptors (Lipinski definition) is 10. The lowest BCUT2D eigenvalue weighted by molar-refractivity contribution is -0.193. The summed E-state index contributed by atoms with van der Waals surface area (Å²) in [7, 11) is 0. The molecule has 6 heterocycles. The molecule has 8 rings (SSSR count). The van der Waals surface area contributed by atoms with Crippen molar-refractivity contribution in [1.29, 1.82) is 0 Å². The van der Waals surface area contributed by atoms with Crippen LogP contribution >= 0.6 is 0 Å². The van der Waals surface area contributed by atoms with Crippen molar-refractivity contribution in [2.24, 2.45) is 0 Å². The second kappa shape index (κ2) is 15.0. The number of ether oxygens (including phenoxy) is 1. The van der Waals surface area contributed by atoms with Gasteiger partial charge in [-0.05, 0) is 74.5 Å². The number of nitrogens with zero attached hydrogens (tertiary/aromatic N) is 5. The van der Waals surface area contributed by atoms with Gasteiger partial charge in [-0.15, -0.1) is 0 Å². The number of aromatic hydroxyl groups is 1. The van der Waals surface area contributed by atoms with Crippen LogP contribution < -0.4 is 15.0 Å². The first kappa shape index (κ1) is 38.7. The normalized spacial score (nSPS) is 20.5. The molecule has 0 spiro atoms. The average Bonchev–Trinajstić information content (AvgIpc) is 3.80. The van der Waals surface area contributed by atoms with E-state index in [4.69, 9.17) is 29.5 Å². The summed E-state index contributed by atoms with van der Waals surface area (Å²) in [5, 5.41) is 30.6. The number of carboxylic acids is 2. The minimum absolute atomic E-state index is 0.0368. The molecule has 0 saturated carbocycles. The molecule has 0 amide bonds. The number of aromatic nitrogens is 3. The monoisotopic (exact) mass is 768 g/mol. The van der Waals surface area contributed by atoms with E-state index in [9.17, 15) is 31.4 Å². The van der Waals surface area contributed by atoms with Crippen molar-refractivity contribution in [2.45, 2.75) is 68.5 Å². The summed E-state index contributed by atoms with van der Waals surface area (Å²) < 4.78 is 86.4. The smallest absolute Gasteiger partial charge is 0.490 e. The predicted octanol–water partition coefficient (Wildman–Crippen LogP) is 5.90. The number of carbonyl (C=O) groups is 2. The number of aliphatic carboxylic acids is 2. The van der Waals surface area contributed by atoms with E-state index in [1.165, 1.54) is 12.8 Å². The number of phenols is 1. The number of piperazine rings is 1. The zero-order valence-electron chi connectivity index (χ0n) is 28.4. The van der Waals surface area contributed by atoms with Gasteiger partial charge in [0.2, 0.25) is 0 Å². The highest BCUT2D eigenvalue weighted by molar-refractivity contribution is 6.00. The fourth-order valence-corrected chi connectivity index (χ4v) is 7.64. The SMILES string of the molecule is O=C(O)C(F)(F)F.O=C(O)C(F)(F)F.Oc1cc(-c2ncc3c(N4C[C@H]5CC[C@@H](C4)N5)nc(OCC45CCCN4CCC5)nc3c2F)c2ccccc2c1. The number of anilines is 1. The van der Waals surface area contributed by atoms with Crippen molar-refractivity contribution in [3.05, 3.63) is 48.4 Å². The van der Waals surface area contributed by atoms with Gasteiger partial charge in [-0.1, -0.05) is 24.3 Å². The second-order valence-electron chi connectivity index (χ2n) is 13.6. The largest absolute Gasteiger partial charge is 0.508 e. The molecule has 0 unspecified atom stereocenters. The molecule has 4 aromatic rings. The molecule has 2 aromatic heterocycles. The molecule has 12 nitrogen and oxygen atoms in total. The van der Waals surface area contributed by atoms with Crippen LogP contribution in [-0.2, 0) is 9.59 Å². The van der Waals surface area contributed by atoms with Gasteiger partial charge in [-0.25, -0.2) is 14.0 Å². The molecule has 290 valence electrons. The van der Waals surface area contributed by atoms with Crippen LogP contribution in [-0.4, -0.2) is 110 Å². The third kappa shape index (κ3) is 8.20. The molecule has 4 saturated heterocycles. The first-order valence-electron chi connectivity index (χ1n) is 17.0. The van der Waals surface area contributed by atoms with Crippen LogP contribution in [0.2, 0.25) is 0 Å². The quantitative estimate of drug-likeness (QED) is 0.178. The Hall–Kier alpha value is -5.04. The number of phenolic OH excluding ortho intramolecular Hbond substituents is 1. The molecule has 19 heteroatoms. The Kier molecular flexibility index (Phi) is 10.7. The lowest BCUT2D eigenvalue weighted by atomic mass is 9.95. The number of hydrogen-bond donors (Lipinski definition) is 4. The number of alkyl halides is 6. The minimum atomic E-state index is -5.08. The third-order valence-corrected chi connectivity index (χ3v) is 10.0. The molecule has 4 aliphatic heterocycles. The molecule has 2 bridgehead atoms. The Morgan fingerprint density at radius 3 is 2.09 bits per heavy atom. The molecular weight excluding hydrogens is 733 g/mol. The molecule has 4 aliphatic rings. The Balaban J connectivity index is 0.000000304. The summed E-state index contributed by atoms with van der Waals surface area (Å²) >= 11 is 0. The van der Waals surface area contributed by atoms with Gasteiger partial charge in [-0.2, -0.15) is 36.3 Å². The van der Waals surface area contributed by atoms with E-state index in [1.54, 1.807) is 18.3 Å². The number of fused-ring (bicyclic) bond motifs is 5. The fraction of sp³-hybridized carbons (Fsp3) is 0.457. The Morgan fingerprint density at radius 2 is 1.50 bits per heavy atom. The van der Waals surface area contributed by atoms with Gasteiger partial charge in [0.05, 0.1) is 10.9 Å². The van der Waals surface area contributed by atoms with Crippen molar-refractivity contribution in [3.8, 4) is 23.0 Å². The van der Waals surface area contributed by atoms with Crippen LogP contribution in [0.25, 0.3) is 32.9 Å². The molecule has 2 aromatic carbocycles. The van der Waals surface area contributed by atoms with Gasteiger partial charge in [0.15, 0.2) is 5.82 Å². The Labute approximate surface area is 302 Å². The highest BCUT2D eigenvalue weighted by Crippen LogP contribution is 2.40. The second-order valence-corrected chi connectivity index (χ2v) is 13.6. The topological polar surface area (TPSA) is 161 Å². The van der Waals surface area contributed by atoms with Crippen LogP contribution in [0.3, 0.4) is 0 Å². The van der Waals surface area contributed by atoms with Gasteiger partial charge in [0.25, 0.3) is 0 Å².